The average Bonchev–Trinajstić information content (AvgIpc) is 2.63. The van der Waals surface area contributed by atoms with Crippen molar-refractivity contribution in [3.63, 3.8) is 0 Å². The van der Waals surface area contributed by atoms with Crippen molar-refractivity contribution in [2.75, 3.05) is 0 Å². The molecule has 0 aromatic heterocycles. The van der Waals surface area contributed by atoms with Crippen molar-refractivity contribution >= 4 is 56.5 Å². The summed E-state index contributed by atoms with van der Waals surface area (Å²) >= 11 is 24.5. The van der Waals surface area contributed by atoms with E-state index in [-0.39, 0.29) is 37.0 Å². The monoisotopic (exact) mass is 492 g/mol. The highest BCUT2D eigenvalue weighted by Crippen LogP contribution is 2.52. The van der Waals surface area contributed by atoms with Gasteiger partial charge < -0.3 is 10.2 Å². The second kappa shape index (κ2) is 7.87. The van der Waals surface area contributed by atoms with Crippen LogP contribution < -0.4 is 0 Å². The van der Waals surface area contributed by atoms with Gasteiger partial charge in [0.2, 0.25) is 0 Å². The van der Waals surface area contributed by atoms with Crippen LogP contribution in [0, 0.1) is 0 Å². The predicted molar refractivity (Wildman–Crippen MR) is 114 cm³/mol. The molecule has 29 heavy (non-hydrogen) atoms. The summed E-state index contributed by atoms with van der Waals surface area (Å²) in [4.78, 5) is 0. The third-order valence-corrected chi connectivity index (χ3v) is 7.19. The summed E-state index contributed by atoms with van der Waals surface area (Å²) in [7, 11) is -5.10. The number of hydrogen-bond acceptors (Lipinski definition) is 4. The van der Waals surface area contributed by atoms with E-state index in [0.717, 1.165) is 18.2 Å². The standard InChI is InChI=1S/C19H12Cl4O5S/c20-12-3-1-2-10(8-12)19(29(26,27)28,11-4-6-15(24)14(22)9-11)17-16(25)7-5-13(21)18(17)23/h1-9,24-25H,(H,26,27,28). The van der Waals surface area contributed by atoms with Crippen LogP contribution in [0.2, 0.25) is 20.1 Å². The van der Waals surface area contributed by atoms with Crippen LogP contribution in [0.5, 0.6) is 11.5 Å². The first-order chi connectivity index (χ1) is 13.5. The molecule has 152 valence electrons. The third-order valence-electron chi connectivity index (χ3n) is 4.40. The summed E-state index contributed by atoms with van der Waals surface area (Å²) in [6, 6.07) is 11.6. The van der Waals surface area contributed by atoms with Crippen molar-refractivity contribution in [2.45, 2.75) is 4.75 Å². The fourth-order valence-electron chi connectivity index (χ4n) is 3.19. The van der Waals surface area contributed by atoms with Crippen LogP contribution in [0.1, 0.15) is 16.7 Å². The summed E-state index contributed by atoms with van der Waals surface area (Å²) < 4.78 is 34.0. The van der Waals surface area contributed by atoms with E-state index in [9.17, 15) is 23.2 Å². The molecule has 0 aliphatic rings. The molecule has 5 nitrogen and oxygen atoms in total. The molecule has 3 aromatic carbocycles. The Morgan fingerprint density at radius 2 is 1.38 bits per heavy atom. The Hall–Kier alpha value is -1.67. The largest absolute Gasteiger partial charge is 0.508 e. The van der Waals surface area contributed by atoms with Gasteiger partial charge in [-0.05, 0) is 47.5 Å². The van der Waals surface area contributed by atoms with E-state index < -0.39 is 26.2 Å². The second-order valence-electron chi connectivity index (χ2n) is 6.09. The summed E-state index contributed by atoms with van der Waals surface area (Å²) in [6.07, 6.45) is 0. The average molecular weight is 494 g/mol. The zero-order chi connectivity index (χ0) is 21.6. The topological polar surface area (TPSA) is 94.8 Å². The molecule has 0 saturated heterocycles. The zero-order valence-electron chi connectivity index (χ0n) is 14.3. The van der Waals surface area contributed by atoms with E-state index in [0.29, 0.717) is 0 Å². The van der Waals surface area contributed by atoms with E-state index >= 15 is 0 Å². The van der Waals surface area contributed by atoms with E-state index in [1.54, 1.807) is 0 Å². The maximum Gasteiger partial charge on any atom is 0.283 e. The first-order valence-corrected chi connectivity index (χ1v) is 10.8. The van der Waals surface area contributed by atoms with E-state index in [1.807, 2.05) is 0 Å². The van der Waals surface area contributed by atoms with Gasteiger partial charge in [-0.15, -0.1) is 0 Å². The lowest BCUT2D eigenvalue weighted by molar-refractivity contribution is 0.440. The number of hydrogen-bond donors (Lipinski definition) is 3. The molecular formula is C19H12Cl4O5S. The van der Waals surface area contributed by atoms with Crippen LogP contribution in [0.4, 0.5) is 0 Å². The Morgan fingerprint density at radius 3 is 1.97 bits per heavy atom. The minimum Gasteiger partial charge on any atom is -0.508 e. The molecule has 0 bridgehead atoms. The van der Waals surface area contributed by atoms with Crippen molar-refractivity contribution in [1.29, 1.82) is 0 Å². The third kappa shape index (κ3) is 3.65. The number of phenols is 2. The molecule has 3 N–H and O–H groups in total. The van der Waals surface area contributed by atoms with Crippen LogP contribution in [-0.2, 0) is 14.9 Å². The number of aromatic hydroxyl groups is 2. The SMILES string of the molecule is O=S(=O)(O)C(c1cccc(Cl)c1)(c1ccc(O)c(Cl)c1)c1c(O)ccc(Cl)c1Cl. The molecular weight excluding hydrogens is 482 g/mol. The van der Waals surface area contributed by atoms with Crippen LogP contribution >= 0.6 is 46.4 Å². The first kappa shape index (κ1) is 22.0. The minimum atomic E-state index is -5.10. The maximum absolute atomic E-state index is 13.0. The Bertz CT molecular complexity index is 1210. The fourth-order valence-corrected chi connectivity index (χ4v) is 5.39. The van der Waals surface area contributed by atoms with Gasteiger partial charge in [0.05, 0.1) is 15.1 Å². The highest BCUT2D eigenvalue weighted by molar-refractivity contribution is 7.87. The molecule has 1 unspecified atom stereocenters. The highest BCUT2D eigenvalue weighted by atomic mass is 35.5. The molecule has 0 heterocycles. The quantitative estimate of drug-likeness (QED) is 0.311. The number of phenolic OH excluding ortho intramolecular Hbond substituents is 2. The fraction of sp³-hybridized carbons (Fsp3) is 0.0526. The van der Waals surface area contributed by atoms with Crippen LogP contribution in [0.25, 0.3) is 0 Å². The molecule has 0 radical (unpaired) electrons. The Labute approximate surface area is 186 Å². The van der Waals surface area contributed by atoms with Crippen LogP contribution in [-0.4, -0.2) is 23.2 Å². The van der Waals surface area contributed by atoms with Crippen molar-refractivity contribution in [1.82, 2.24) is 0 Å². The van der Waals surface area contributed by atoms with Crippen molar-refractivity contribution in [3.8, 4) is 11.5 Å². The van der Waals surface area contributed by atoms with Gasteiger partial charge in [-0.1, -0.05) is 64.6 Å². The molecule has 0 aliphatic heterocycles. The van der Waals surface area contributed by atoms with Gasteiger partial charge in [0.15, 0.2) is 4.75 Å². The van der Waals surface area contributed by atoms with Gasteiger partial charge in [-0.3, -0.25) is 4.55 Å². The zero-order valence-corrected chi connectivity index (χ0v) is 18.1. The summed E-state index contributed by atoms with van der Waals surface area (Å²) in [5, 5.41) is 20.0. The number of benzene rings is 3. The van der Waals surface area contributed by atoms with E-state index in [4.69, 9.17) is 46.4 Å². The predicted octanol–water partition coefficient (Wildman–Crippen LogP) is 5.89. The molecule has 0 aliphatic carbocycles. The van der Waals surface area contributed by atoms with E-state index in [1.165, 1.54) is 36.4 Å². The summed E-state index contributed by atoms with van der Waals surface area (Å²) in [6.45, 7) is 0. The Morgan fingerprint density at radius 1 is 0.759 bits per heavy atom. The van der Waals surface area contributed by atoms with Crippen molar-refractivity contribution < 1.29 is 23.2 Å². The van der Waals surface area contributed by atoms with Crippen molar-refractivity contribution in [3.05, 3.63) is 91.4 Å². The van der Waals surface area contributed by atoms with Crippen molar-refractivity contribution in [2.24, 2.45) is 0 Å². The molecule has 0 saturated carbocycles. The van der Waals surface area contributed by atoms with Gasteiger partial charge in [-0.2, -0.15) is 8.42 Å². The Balaban J connectivity index is 2.63. The Kier molecular flexibility index (Phi) is 5.98. The lowest BCUT2D eigenvalue weighted by Crippen LogP contribution is -2.38. The molecule has 0 spiro atoms. The van der Waals surface area contributed by atoms with Gasteiger partial charge in [0, 0.05) is 10.6 Å². The summed E-state index contributed by atoms with van der Waals surface area (Å²) in [5.41, 5.74) is -0.531. The minimum absolute atomic E-state index is 0.0336. The smallest absolute Gasteiger partial charge is 0.283 e. The molecule has 10 heteroatoms. The van der Waals surface area contributed by atoms with Gasteiger partial charge >= 0.3 is 0 Å². The van der Waals surface area contributed by atoms with Gasteiger partial charge in [0.25, 0.3) is 10.1 Å². The molecule has 1 atom stereocenters. The maximum atomic E-state index is 13.0. The lowest BCUT2D eigenvalue weighted by atomic mass is 9.83. The normalized spacial score (nSPS) is 13.8. The number of rotatable bonds is 4. The van der Waals surface area contributed by atoms with Crippen LogP contribution in [0.15, 0.2) is 54.6 Å². The van der Waals surface area contributed by atoms with E-state index in [2.05, 4.69) is 0 Å². The van der Waals surface area contributed by atoms with Gasteiger partial charge in [0.1, 0.15) is 11.5 Å². The molecule has 3 rings (SSSR count). The first-order valence-electron chi connectivity index (χ1n) is 7.89. The second-order valence-corrected chi connectivity index (χ2v) is 9.28. The van der Waals surface area contributed by atoms with Crippen LogP contribution in [0.3, 0.4) is 0 Å². The molecule has 3 aromatic rings. The molecule has 0 fully saturated rings. The molecule has 0 amide bonds. The highest BCUT2D eigenvalue weighted by Gasteiger charge is 2.52. The summed E-state index contributed by atoms with van der Waals surface area (Å²) in [5.74, 6) is -0.853. The lowest BCUT2D eigenvalue weighted by Gasteiger charge is -2.34. The van der Waals surface area contributed by atoms with Gasteiger partial charge in [-0.25, -0.2) is 0 Å². The number of halogens is 4.